The Morgan fingerprint density at radius 2 is 2.00 bits per heavy atom. The van der Waals surface area contributed by atoms with E-state index >= 15 is 0 Å². The van der Waals surface area contributed by atoms with Crippen molar-refractivity contribution in [2.45, 2.75) is 25.9 Å². The Kier molecular flexibility index (Phi) is 4.87. The summed E-state index contributed by atoms with van der Waals surface area (Å²) in [6.07, 6.45) is 0. The van der Waals surface area contributed by atoms with E-state index in [2.05, 4.69) is 5.32 Å². The van der Waals surface area contributed by atoms with E-state index in [1.165, 1.54) is 0 Å². The Morgan fingerprint density at radius 3 is 2.53 bits per heavy atom. The van der Waals surface area contributed by atoms with Gasteiger partial charge in [0.05, 0.1) is 6.61 Å². The van der Waals surface area contributed by atoms with Crippen molar-refractivity contribution >= 4 is 23.2 Å². The topological polar surface area (TPSA) is 32.3 Å². The molecule has 0 saturated heterocycles. The zero-order valence-corrected chi connectivity index (χ0v) is 10.3. The highest BCUT2D eigenvalue weighted by atomic mass is 35.5. The highest BCUT2D eigenvalue weighted by molar-refractivity contribution is 6.35. The van der Waals surface area contributed by atoms with Crippen LogP contribution in [-0.4, -0.2) is 17.8 Å². The van der Waals surface area contributed by atoms with Crippen LogP contribution in [0.2, 0.25) is 10.0 Å². The number of nitrogens with one attached hydrogen (secondary N) is 1. The van der Waals surface area contributed by atoms with Gasteiger partial charge in [0.15, 0.2) is 0 Å². The summed E-state index contributed by atoms with van der Waals surface area (Å²) in [5.74, 6) is 0. The smallest absolute Gasteiger partial charge is 0.0582 e. The first-order valence-electron chi connectivity index (χ1n) is 4.86. The van der Waals surface area contributed by atoms with Gasteiger partial charge in [0.2, 0.25) is 0 Å². The third-order valence-electron chi connectivity index (χ3n) is 2.24. The molecule has 0 saturated carbocycles. The molecule has 0 aliphatic carbocycles. The summed E-state index contributed by atoms with van der Waals surface area (Å²) in [5, 5.41) is 13.4. The predicted molar refractivity (Wildman–Crippen MR) is 64.6 cm³/mol. The van der Waals surface area contributed by atoms with Crippen LogP contribution in [0.3, 0.4) is 0 Å². The van der Waals surface area contributed by atoms with Gasteiger partial charge in [0, 0.05) is 22.1 Å². The van der Waals surface area contributed by atoms with Crippen molar-refractivity contribution in [2.75, 3.05) is 6.61 Å². The molecule has 1 aromatic rings. The van der Waals surface area contributed by atoms with Gasteiger partial charge in [-0.25, -0.2) is 0 Å². The van der Waals surface area contributed by atoms with Gasteiger partial charge in [-0.3, -0.25) is 0 Å². The molecule has 2 atom stereocenters. The number of rotatable bonds is 4. The van der Waals surface area contributed by atoms with Crippen LogP contribution in [0.25, 0.3) is 0 Å². The Labute approximate surface area is 100 Å². The molecule has 0 aliphatic heterocycles. The molecule has 0 aromatic heterocycles. The number of halogens is 2. The predicted octanol–water partition coefficient (Wildman–Crippen LogP) is 3.02. The Bertz CT molecular complexity index is 330. The lowest BCUT2D eigenvalue weighted by atomic mass is 10.1. The van der Waals surface area contributed by atoms with Crippen LogP contribution in [0, 0.1) is 0 Å². The Balaban J connectivity index is 2.77. The van der Waals surface area contributed by atoms with Crippen LogP contribution in [0.1, 0.15) is 25.5 Å². The minimum Gasteiger partial charge on any atom is -0.395 e. The third-order valence-corrected chi connectivity index (χ3v) is 2.80. The molecular weight excluding hydrogens is 233 g/mol. The number of hydrogen-bond donors (Lipinski definition) is 2. The molecule has 15 heavy (non-hydrogen) atoms. The average Bonchev–Trinajstić information content (AvgIpc) is 2.17. The van der Waals surface area contributed by atoms with Gasteiger partial charge in [-0.2, -0.15) is 0 Å². The molecule has 0 aliphatic rings. The van der Waals surface area contributed by atoms with E-state index in [4.69, 9.17) is 28.3 Å². The highest BCUT2D eigenvalue weighted by Gasteiger charge is 2.11. The summed E-state index contributed by atoms with van der Waals surface area (Å²) < 4.78 is 0. The standard InChI is InChI=1S/C11H15Cl2NO/c1-7(6-15)14-8(2)10-4-3-9(12)5-11(10)13/h3-5,7-8,14-15H,6H2,1-2H3/t7-,8+/m1/s1. The summed E-state index contributed by atoms with van der Waals surface area (Å²) in [7, 11) is 0. The number of aliphatic hydroxyl groups excluding tert-OH is 1. The van der Waals surface area contributed by atoms with Gasteiger partial charge in [-0.15, -0.1) is 0 Å². The van der Waals surface area contributed by atoms with Crippen molar-refractivity contribution < 1.29 is 5.11 Å². The zero-order valence-electron chi connectivity index (χ0n) is 8.80. The summed E-state index contributed by atoms with van der Waals surface area (Å²) in [4.78, 5) is 0. The molecule has 0 heterocycles. The van der Waals surface area contributed by atoms with Crippen molar-refractivity contribution in [2.24, 2.45) is 0 Å². The molecule has 0 amide bonds. The van der Waals surface area contributed by atoms with E-state index in [0.29, 0.717) is 10.0 Å². The molecule has 0 spiro atoms. The minimum atomic E-state index is 0.0479. The van der Waals surface area contributed by atoms with Crippen LogP contribution in [0.4, 0.5) is 0 Å². The maximum atomic E-state index is 8.93. The van der Waals surface area contributed by atoms with Gasteiger partial charge >= 0.3 is 0 Å². The van der Waals surface area contributed by atoms with Crippen LogP contribution >= 0.6 is 23.2 Å². The lowest BCUT2D eigenvalue weighted by molar-refractivity contribution is 0.243. The monoisotopic (exact) mass is 247 g/mol. The lowest BCUT2D eigenvalue weighted by Gasteiger charge is -2.19. The van der Waals surface area contributed by atoms with Gasteiger partial charge in [-0.1, -0.05) is 29.3 Å². The molecule has 1 aromatic carbocycles. The molecule has 0 unspecified atom stereocenters. The van der Waals surface area contributed by atoms with Crippen molar-refractivity contribution in [1.29, 1.82) is 0 Å². The zero-order chi connectivity index (χ0) is 11.4. The van der Waals surface area contributed by atoms with E-state index < -0.39 is 0 Å². The Morgan fingerprint density at radius 1 is 1.33 bits per heavy atom. The van der Waals surface area contributed by atoms with Gasteiger partial charge in [0.25, 0.3) is 0 Å². The van der Waals surface area contributed by atoms with Crippen LogP contribution in [0.5, 0.6) is 0 Å². The second kappa shape index (κ2) is 5.71. The molecule has 2 nitrogen and oxygen atoms in total. The molecule has 1 rings (SSSR count). The van der Waals surface area contributed by atoms with Crippen LogP contribution in [-0.2, 0) is 0 Å². The summed E-state index contributed by atoms with van der Waals surface area (Å²) in [6, 6.07) is 5.57. The second-order valence-corrected chi connectivity index (χ2v) is 4.48. The van der Waals surface area contributed by atoms with Gasteiger partial charge < -0.3 is 10.4 Å². The van der Waals surface area contributed by atoms with E-state index in [-0.39, 0.29) is 18.7 Å². The van der Waals surface area contributed by atoms with Crippen molar-refractivity contribution in [3.05, 3.63) is 33.8 Å². The number of hydrogen-bond acceptors (Lipinski definition) is 2. The molecule has 4 heteroatoms. The van der Waals surface area contributed by atoms with Crippen LogP contribution in [0.15, 0.2) is 18.2 Å². The fourth-order valence-electron chi connectivity index (χ4n) is 1.42. The van der Waals surface area contributed by atoms with Crippen molar-refractivity contribution in [1.82, 2.24) is 5.32 Å². The summed E-state index contributed by atoms with van der Waals surface area (Å²) in [5.41, 5.74) is 0.987. The average molecular weight is 248 g/mol. The second-order valence-electron chi connectivity index (χ2n) is 3.64. The molecule has 0 radical (unpaired) electrons. The maximum Gasteiger partial charge on any atom is 0.0582 e. The minimum absolute atomic E-state index is 0.0479. The summed E-state index contributed by atoms with van der Waals surface area (Å²) in [6.45, 7) is 4.02. The first-order valence-corrected chi connectivity index (χ1v) is 5.62. The lowest BCUT2D eigenvalue weighted by Crippen LogP contribution is -2.31. The third kappa shape index (κ3) is 3.65. The molecule has 84 valence electrons. The van der Waals surface area contributed by atoms with E-state index in [1.54, 1.807) is 6.07 Å². The van der Waals surface area contributed by atoms with Gasteiger partial charge in [0.1, 0.15) is 0 Å². The molecule has 2 N–H and O–H groups in total. The first kappa shape index (κ1) is 12.8. The number of benzene rings is 1. The summed E-state index contributed by atoms with van der Waals surface area (Å²) >= 11 is 11.9. The normalized spacial score (nSPS) is 15.0. The molecule has 0 fully saturated rings. The van der Waals surface area contributed by atoms with E-state index in [9.17, 15) is 0 Å². The largest absolute Gasteiger partial charge is 0.395 e. The van der Waals surface area contributed by atoms with E-state index in [0.717, 1.165) is 5.56 Å². The SMILES string of the molecule is C[C@H](CO)N[C@@H](C)c1ccc(Cl)cc1Cl. The highest BCUT2D eigenvalue weighted by Crippen LogP contribution is 2.26. The first-order chi connectivity index (χ1) is 7.04. The number of aliphatic hydroxyl groups is 1. The maximum absolute atomic E-state index is 8.93. The fourth-order valence-corrected chi connectivity index (χ4v) is 1.99. The quantitative estimate of drug-likeness (QED) is 0.858. The van der Waals surface area contributed by atoms with Crippen molar-refractivity contribution in [3.8, 4) is 0 Å². The fraction of sp³-hybridized carbons (Fsp3) is 0.455. The van der Waals surface area contributed by atoms with E-state index in [1.807, 2.05) is 26.0 Å². The van der Waals surface area contributed by atoms with Gasteiger partial charge in [-0.05, 0) is 31.5 Å². The molecular formula is C11H15Cl2NO. The van der Waals surface area contributed by atoms with Crippen molar-refractivity contribution in [3.63, 3.8) is 0 Å². The molecule has 0 bridgehead atoms. The van der Waals surface area contributed by atoms with Crippen LogP contribution < -0.4 is 5.32 Å². The Hall–Kier alpha value is -0.280.